The first-order chi connectivity index (χ1) is 12.6. The molecule has 1 amide bonds. The van der Waals surface area contributed by atoms with Crippen LogP contribution in [0.15, 0.2) is 54.6 Å². The fourth-order valence-electron chi connectivity index (χ4n) is 2.94. The van der Waals surface area contributed by atoms with Gasteiger partial charge in [0.05, 0.1) is 13.2 Å². The van der Waals surface area contributed by atoms with Gasteiger partial charge in [0.2, 0.25) is 0 Å². The molecule has 1 heterocycles. The lowest BCUT2D eigenvalue weighted by Gasteiger charge is -2.28. The van der Waals surface area contributed by atoms with Crippen molar-refractivity contribution in [1.82, 2.24) is 5.32 Å². The van der Waals surface area contributed by atoms with Crippen LogP contribution in [0, 0.1) is 0 Å². The average molecular weight is 354 g/mol. The second kappa shape index (κ2) is 8.49. The summed E-state index contributed by atoms with van der Waals surface area (Å²) in [6.07, 6.45) is 0.244. The van der Waals surface area contributed by atoms with Gasteiger partial charge in [-0.2, -0.15) is 0 Å². The smallest absolute Gasteiger partial charge is 0.326 e. The number of benzene rings is 2. The molecule has 0 unspecified atom stereocenters. The molecule has 2 N–H and O–H groups in total. The number of carbonyl (C=O) groups is 2. The number of hydrogen-bond donors (Lipinski definition) is 2. The van der Waals surface area contributed by atoms with Crippen LogP contribution in [0.3, 0.4) is 0 Å². The zero-order chi connectivity index (χ0) is 18.4. The molecule has 1 aliphatic rings. The molecular weight excluding hydrogens is 332 g/mol. The molecule has 0 bridgehead atoms. The summed E-state index contributed by atoms with van der Waals surface area (Å²) >= 11 is 0. The van der Waals surface area contributed by atoms with Crippen LogP contribution in [0.2, 0.25) is 0 Å². The lowest BCUT2D eigenvalue weighted by atomic mass is 10.1. The summed E-state index contributed by atoms with van der Waals surface area (Å²) in [5.41, 5.74) is 2.34. The minimum atomic E-state index is -1.05. The molecule has 6 heteroatoms. The monoisotopic (exact) mass is 354 g/mol. The van der Waals surface area contributed by atoms with Crippen molar-refractivity contribution >= 4 is 17.6 Å². The molecule has 0 saturated carbocycles. The summed E-state index contributed by atoms with van der Waals surface area (Å²) in [5.74, 6) is -1.44. The fourth-order valence-corrected chi connectivity index (χ4v) is 2.94. The molecule has 6 nitrogen and oxygen atoms in total. The zero-order valence-corrected chi connectivity index (χ0v) is 14.4. The molecule has 2 aromatic carbocycles. The van der Waals surface area contributed by atoms with Crippen molar-refractivity contribution in [2.45, 2.75) is 12.5 Å². The summed E-state index contributed by atoms with van der Waals surface area (Å²) in [7, 11) is 0. The Hall–Kier alpha value is -2.86. The SMILES string of the molecule is O=C(N[C@H](Cc1ccccc1)C(=O)O)c1ccc(N2CCOCC2)cc1. The Morgan fingerprint density at radius 3 is 2.31 bits per heavy atom. The fraction of sp³-hybridized carbons (Fsp3) is 0.300. The molecule has 1 aliphatic heterocycles. The number of morpholine rings is 1. The van der Waals surface area contributed by atoms with Crippen LogP contribution in [0.5, 0.6) is 0 Å². The number of aliphatic carboxylic acids is 1. The molecule has 0 aliphatic carbocycles. The van der Waals surface area contributed by atoms with E-state index in [4.69, 9.17) is 4.74 Å². The van der Waals surface area contributed by atoms with E-state index in [0.29, 0.717) is 18.8 Å². The highest BCUT2D eigenvalue weighted by atomic mass is 16.5. The maximum atomic E-state index is 12.4. The van der Waals surface area contributed by atoms with E-state index in [0.717, 1.165) is 24.3 Å². The quantitative estimate of drug-likeness (QED) is 0.829. The number of ether oxygens (including phenoxy) is 1. The van der Waals surface area contributed by atoms with Crippen LogP contribution >= 0.6 is 0 Å². The van der Waals surface area contributed by atoms with Crippen molar-refractivity contribution in [3.05, 3.63) is 65.7 Å². The second-order valence-corrected chi connectivity index (χ2v) is 6.20. The van der Waals surface area contributed by atoms with E-state index < -0.39 is 12.0 Å². The number of hydrogen-bond acceptors (Lipinski definition) is 4. The Morgan fingerprint density at radius 2 is 1.69 bits per heavy atom. The maximum Gasteiger partial charge on any atom is 0.326 e. The van der Waals surface area contributed by atoms with E-state index in [1.165, 1.54) is 0 Å². The Labute approximate surface area is 152 Å². The van der Waals surface area contributed by atoms with E-state index in [1.54, 1.807) is 12.1 Å². The van der Waals surface area contributed by atoms with E-state index in [-0.39, 0.29) is 12.3 Å². The van der Waals surface area contributed by atoms with Gasteiger partial charge >= 0.3 is 5.97 Å². The van der Waals surface area contributed by atoms with Gasteiger partial charge in [0.1, 0.15) is 6.04 Å². The normalized spacial score (nSPS) is 15.3. The molecule has 1 fully saturated rings. The van der Waals surface area contributed by atoms with Crippen molar-refractivity contribution in [3.8, 4) is 0 Å². The zero-order valence-electron chi connectivity index (χ0n) is 14.4. The number of carbonyl (C=O) groups excluding carboxylic acids is 1. The van der Waals surface area contributed by atoms with Crippen LogP contribution in [0.25, 0.3) is 0 Å². The summed E-state index contributed by atoms with van der Waals surface area (Å²) in [5, 5.41) is 12.0. The number of anilines is 1. The average Bonchev–Trinajstić information content (AvgIpc) is 2.69. The number of amides is 1. The predicted molar refractivity (Wildman–Crippen MR) is 98.5 cm³/mol. The Kier molecular flexibility index (Phi) is 5.86. The molecule has 1 atom stereocenters. The Bertz CT molecular complexity index is 740. The molecule has 0 radical (unpaired) electrons. The largest absolute Gasteiger partial charge is 0.480 e. The second-order valence-electron chi connectivity index (χ2n) is 6.20. The molecular formula is C20H22N2O4. The lowest BCUT2D eigenvalue weighted by Crippen LogP contribution is -2.42. The number of nitrogens with one attached hydrogen (secondary N) is 1. The van der Waals surface area contributed by atoms with E-state index in [1.807, 2.05) is 42.5 Å². The standard InChI is InChI=1S/C20H22N2O4/c23-19(21-18(20(24)25)14-15-4-2-1-3-5-15)16-6-8-17(9-7-16)22-10-12-26-13-11-22/h1-9,18H,10-14H2,(H,21,23)(H,24,25)/t18-/m1/s1. The van der Waals surface area contributed by atoms with E-state index in [2.05, 4.69) is 10.2 Å². The number of carboxylic acid groups (broad SMARTS) is 1. The van der Waals surface area contributed by atoms with Gasteiger partial charge in [-0.3, -0.25) is 4.79 Å². The molecule has 2 aromatic rings. The van der Waals surface area contributed by atoms with E-state index >= 15 is 0 Å². The van der Waals surface area contributed by atoms with Crippen molar-refractivity contribution in [2.24, 2.45) is 0 Å². The molecule has 0 aromatic heterocycles. The highest BCUT2D eigenvalue weighted by Crippen LogP contribution is 2.17. The number of rotatable bonds is 6. The summed E-state index contributed by atoms with van der Waals surface area (Å²) < 4.78 is 5.34. The van der Waals surface area contributed by atoms with Gasteiger partial charge in [-0.15, -0.1) is 0 Å². The highest BCUT2D eigenvalue weighted by Gasteiger charge is 2.21. The van der Waals surface area contributed by atoms with Gasteiger partial charge in [-0.1, -0.05) is 30.3 Å². The minimum absolute atomic E-state index is 0.244. The molecule has 1 saturated heterocycles. The van der Waals surface area contributed by atoms with E-state index in [9.17, 15) is 14.7 Å². The van der Waals surface area contributed by atoms with Crippen LogP contribution in [-0.2, 0) is 16.0 Å². The van der Waals surface area contributed by atoms with Crippen LogP contribution < -0.4 is 10.2 Å². The maximum absolute atomic E-state index is 12.4. The topological polar surface area (TPSA) is 78.9 Å². The Balaban J connectivity index is 1.64. The molecule has 3 rings (SSSR count). The third-order valence-corrected chi connectivity index (χ3v) is 4.39. The van der Waals surface area contributed by atoms with Crippen molar-refractivity contribution in [2.75, 3.05) is 31.2 Å². The van der Waals surface area contributed by atoms with Gasteiger partial charge in [-0.05, 0) is 29.8 Å². The summed E-state index contributed by atoms with van der Waals surface area (Å²) in [6, 6.07) is 15.5. The predicted octanol–water partition coefficient (Wildman–Crippen LogP) is 1.95. The van der Waals surface area contributed by atoms with Gasteiger partial charge < -0.3 is 20.1 Å². The van der Waals surface area contributed by atoms with Crippen molar-refractivity contribution in [3.63, 3.8) is 0 Å². The minimum Gasteiger partial charge on any atom is -0.480 e. The molecule has 26 heavy (non-hydrogen) atoms. The van der Waals surface area contributed by atoms with Gasteiger partial charge in [-0.25, -0.2) is 4.79 Å². The first-order valence-corrected chi connectivity index (χ1v) is 8.64. The number of nitrogens with zero attached hydrogens (tertiary/aromatic N) is 1. The van der Waals surface area contributed by atoms with Crippen LogP contribution in [0.1, 0.15) is 15.9 Å². The summed E-state index contributed by atoms with van der Waals surface area (Å²) in [4.78, 5) is 26.1. The number of carboxylic acids is 1. The lowest BCUT2D eigenvalue weighted by molar-refractivity contribution is -0.139. The van der Waals surface area contributed by atoms with Gasteiger partial charge in [0, 0.05) is 30.8 Å². The molecule has 0 spiro atoms. The van der Waals surface area contributed by atoms with Crippen LogP contribution in [0.4, 0.5) is 5.69 Å². The van der Waals surface area contributed by atoms with Gasteiger partial charge in [0.25, 0.3) is 5.91 Å². The third-order valence-electron chi connectivity index (χ3n) is 4.39. The van der Waals surface area contributed by atoms with Gasteiger partial charge in [0.15, 0.2) is 0 Å². The first-order valence-electron chi connectivity index (χ1n) is 8.64. The molecule has 136 valence electrons. The van der Waals surface area contributed by atoms with Crippen LogP contribution in [-0.4, -0.2) is 49.3 Å². The Morgan fingerprint density at radius 1 is 1.04 bits per heavy atom. The highest BCUT2D eigenvalue weighted by molar-refractivity contribution is 5.96. The van der Waals surface area contributed by atoms with Crippen molar-refractivity contribution < 1.29 is 19.4 Å². The third kappa shape index (κ3) is 4.61. The first kappa shape index (κ1) is 17.9. The van der Waals surface area contributed by atoms with Crippen molar-refractivity contribution in [1.29, 1.82) is 0 Å². The summed E-state index contributed by atoms with van der Waals surface area (Å²) in [6.45, 7) is 3.04.